The van der Waals surface area contributed by atoms with Crippen molar-refractivity contribution in [3.63, 3.8) is 0 Å². The van der Waals surface area contributed by atoms with E-state index in [0.29, 0.717) is 18.0 Å². The van der Waals surface area contributed by atoms with Gasteiger partial charge in [-0.2, -0.15) is 0 Å². The van der Waals surface area contributed by atoms with E-state index in [-0.39, 0.29) is 24.1 Å². The molecule has 1 heterocycles. The maximum absolute atomic E-state index is 12.3. The number of carboxylic acid groups (broad SMARTS) is 1. The number of pyridine rings is 1. The summed E-state index contributed by atoms with van der Waals surface area (Å²) < 4.78 is 0. The number of carbonyl (C=O) groups excluding carboxylic acids is 1. The zero-order valence-corrected chi connectivity index (χ0v) is 11.7. The van der Waals surface area contributed by atoms with Crippen LogP contribution in [0.4, 0.5) is 0 Å². The van der Waals surface area contributed by atoms with E-state index in [1.807, 2.05) is 13.8 Å². The highest BCUT2D eigenvalue weighted by atomic mass is 35.5. The number of rotatable bonds is 6. The first-order valence-corrected chi connectivity index (χ1v) is 6.44. The predicted octanol–water partition coefficient (Wildman–Crippen LogP) is 2.45. The molecule has 0 unspecified atom stereocenters. The van der Waals surface area contributed by atoms with Gasteiger partial charge in [-0.25, -0.2) is 0 Å². The molecular formula is C13H17ClN2O3. The molecule has 0 aliphatic heterocycles. The smallest absolute Gasteiger partial charge is 0.303 e. The molecule has 1 N–H and O–H groups in total. The van der Waals surface area contributed by atoms with Crippen LogP contribution in [0, 0.1) is 0 Å². The molecule has 0 bridgehead atoms. The summed E-state index contributed by atoms with van der Waals surface area (Å²) in [4.78, 5) is 28.4. The lowest BCUT2D eigenvalue weighted by Crippen LogP contribution is -2.38. The number of halogens is 1. The molecule has 5 nitrogen and oxygen atoms in total. The molecule has 19 heavy (non-hydrogen) atoms. The number of hydrogen-bond acceptors (Lipinski definition) is 3. The Bertz CT molecular complexity index is 463. The van der Waals surface area contributed by atoms with Crippen LogP contribution < -0.4 is 0 Å². The second kappa shape index (κ2) is 7.09. The van der Waals surface area contributed by atoms with Gasteiger partial charge in [0.2, 0.25) is 0 Å². The third kappa shape index (κ3) is 4.87. The fourth-order valence-corrected chi connectivity index (χ4v) is 1.82. The number of aromatic nitrogens is 1. The van der Waals surface area contributed by atoms with Gasteiger partial charge in [-0.15, -0.1) is 0 Å². The molecule has 1 amide bonds. The van der Waals surface area contributed by atoms with Crippen molar-refractivity contribution < 1.29 is 14.7 Å². The van der Waals surface area contributed by atoms with Crippen LogP contribution in [0.15, 0.2) is 18.3 Å². The Hall–Kier alpha value is -1.62. The van der Waals surface area contributed by atoms with Crippen LogP contribution in [0.25, 0.3) is 0 Å². The van der Waals surface area contributed by atoms with Crippen LogP contribution in [0.3, 0.4) is 0 Å². The lowest BCUT2D eigenvalue weighted by atomic mass is 10.2. The highest BCUT2D eigenvalue weighted by Crippen LogP contribution is 2.12. The van der Waals surface area contributed by atoms with E-state index in [0.717, 1.165) is 0 Å². The Balaban J connectivity index is 2.75. The van der Waals surface area contributed by atoms with Crippen LogP contribution in [0.2, 0.25) is 5.02 Å². The number of nitrogens with zero attached hydrogens (tertiary/aromatic N) is 2. The van der Waals surface area contributed by atoms with Gasteiger partial charge in [0, 0.05) is 30.2 Å². The van der Waals surface area contributed by atoms with Crippen LogP contribution in [0.5, 0.6) is 0 Å². The number of carbonyl (C=O) groups is 2. The van der Waals surface area contributed by atoms with E-state index in [1.54, 1.807) is 11.0 Å². The lowest BCUT2D eigenvalue weighted by molar-refractivity contribution is -0.137. The standard InChI is InChI=1S/C13H17ClN2O3/c1-9(2)16(7-3-4-12(17)18)13(19)11-8-10(14)5-6-15-11/h5-6,8-9H,3-4,7H2,1-2H3,(H,17,18). The van der Waals surface area contributed by atoms with Crippen molar-refractivity contribution in [3.8, 4) is 0 Å². The number of amides is 1. The van der Waals surface area contributed by atoms with Gasteiger partial charge in [0.1, 0.15) is 5.69 Å². The minimum Gasteiger partial charge on any atom is -0.481 e. The fraction of sp³-hybridized carbons (Fsp3) is 0.462. The Kier molecular flexibility index (Phi) is 5.76. The van der Waals surface area contributed by atoms with E-state index < -0.39 is 5.97 Å². The quantitative estimate of drug-likeness (QED) is 0.871. The molecule has 0 spiro atoms. The first-order valence-electron chi connectivity index (χ1n) is 6.06. The van der Waals surface area contributed by atoms with Crippen molar-refractivity contribution >= 4 is 23.5 Å². The predicted molar refractivity (Wildman–Crippen MR) is 72.3 cm³/mol. The van der Waals surface area contributed by atoms with Gasteiger partial charge < -0.3 is 10.0 Å². The maximum atomic E-state index is 12.3. The second-order valence-electron chi connectivity index (χ2n) is 4.45. The van der Waals surface area contributed by atoms with Gasteiger partial charge in [0.05, 0.1) is 0 Å². The average molecular weight is 285 g/mol. The first-order chi connectivity index (χ1) is 8.91. The molecular weight excluding hydrogens is 268 g/mol. The maximum Gasteiger partial charge on any atom is 0.303 e. The number of hydrogen-bond donors (Lipinski definition) is 1. The summed E-state index contributed by atoms with van der Waals surface area (Å²) in [6.07, 6.45) is 1.94. The Morgan fingerprint density at radius 3 is 2.68 bits per heavy atom. The molecule has 0 radical (unpaired) electrons. The normalized spacial score (nSPS) is 10.5. The second-order valence-corrected chi connectivity index (χ2v) is 4.89. The Morgan fingerprint density at radius 1 is 1.47 bits per heavy atom. The fourth-order valence-electron chi connectivity index (χ4n) is 1.66. The Labute approximate surface area is 117 Å². The lowest BCUT2D eigenvalue weighted by Gasteiger charge is -2.26. The van der Waals surface area contributed by atoms with Crippen molar-refractivity contribution in [3.05, 3.63) is 29.0 Å². The minimum absolute atomic E-state index is 0.0259. The summed E-state index contributed by atoms with van der Waals surface area (Å²) in [7, 11) is 0. The van der Waals surface area contributed by atoms with Crippen LogP contribution >= 0.6 is 11.6 Å². The molecule has 0 atom stereocenters. The van der Waals surface area contributed by atoms with Gasteiger partial charge in [0.15, 0.2) is 0 Å². The van der Waals surface area contributed by atoms with Crippen LogP contribution in [-0.4, -0.2) is 39.5 Å². The third-order valence-electron chi connectivity index (χ3n) is 2.61. The van der Waals surface area contributed by atoms with Gasteiger partial charge in [0.25, 0.3) is 5.91 Å². The molecule has 0 saturated heterocycles. The van der Waals surface area contributed by atoms with Crippen molar-refractivity contribution in [2.24, 2.45) is 0 Å². The highest BCUT2D eigenvalue weighted by Gasteiger charge is 2.20. The minimum atomic E-state index is -0.864. The monoisotopic (exact) mass is 284 g/mol. The average Bonchev–Trinajstić information content (AvgIpc) is 2.33. The number of carboxylic acids is 1. The largest absolute Gasteiger partial charge is 0.481 e. The molecule has 1 aromatic rings. The van der Waals surface area contributed by atoms with E-state index in [2.05, 4.69) is 4.98 Å². The third-order valence-corrected chi connectivity index (χ3v) is 2.85. The van der Waals surface area contributed by atoms with Crippen molar-refractivity contribution in [1.29, 1.82) is 0 Å². The molecule has 0 aliphatic carbocycles. The zero-order valence-electron chi connectivity index (χ0n) is 11.0. The van der Waals surface area contributed by atoms with Gasteiger partial charge >= 0.3 is 5.97 Å². The highest BCUT2D eigenvalue weighted by molar-refractivity contribution is 6.30. The molecule has 1 rings (SSSR count). The van der Waals surface area contributed by atoms with Gasteiger partial charge in [-0.05, 0) is 32.4 Å². The summed E-state index contributed by atoms with van der Waals surface area (Å²) in [6, 6.07) is 3.08. The topological polar surface area (TPSA) is 70.5 Å². The molecule has 6 heteroatoms. The SMILES string of the molecule is CC(C)N(CCCC(=O)O)C(=O)c1cc(Cl)ccn1. The van der Waals surface area contributed by atoms with Crippen molar-refractivity contribution in [1.82, 2.24) is 9.88 Å². The zero-order chi connectivity index (χ0) is 14.4. The van der Waals surface area contributed by atoms with Crippen LogP contribution in [-0.2, 0) is 4.79 Å². The first kappa shape index (κ1) is 15.4. The summed E-state index contributed by atoms with van der Waals surface area (Å²) in [5, 5.41) is 9.08. The molecule has 0 fully saturated rings. The van der Waals surface area contributed by atoms with Crippen LogP contribution in [0.1, 0.15) is 37.2 Å². The van der Waals surface area contributed by atoms with E-state index >= 15 is 0 Å². The molecule has 0 aliphatic rings. The van der Waals surface area contributed by atoms with Gasteiger partial charge in [-0.3, -0.25) is 14.6 Å². The van der Waals surface area contributed by atoms with E-state index in [4.69, 9.17) is 16.7 Å². The van der Waals surface area contributed by atoms with Crippen molar-refractivity contribution in [2.45, 2.75) is 32.7 Å². The molecule has 104 valence electrons. The molecule has 0 saturated carbocycles. The number of aliphatic carboxylic acids is 1. The summed E-state index contributed by atoms with van der Waals surface area (Å²) in [6.45, 7) is 4.14. The summed E-state index contributed by atoms with van der Waals surface area (Å²) in [5.74, 6) is -1.10. The summed E-state index contributed by atoms with van der Waals surface area (Å²) >= 11 is 5.83. The van der Waals surface area contributed by atoms with Crippen molar-refractivity contribution in [2.75, 3.05) is 6.54 Å². The summed E-state index contributed by atoms with van der Waals surface area (Å²) in [5.41, 5.74) is 0.275. The molecule has 1 aromatic heterocycles. The van der Waals surface area contributed by atoms with Gasteiger partial charge in [-0.1, -0.05) is 11.6 Å². The van der Waals surface area contributed by atoms with E-state index in [1.165, 1.54) is 12.3 Å². The molecule has 0 aromatic carbocycles. The Morgan fingerprint density at radius 2 is 2.16 bits per heavy atom. The van der Waals surface area contributed by atoms with E-state index in [9.17, 15) is 9.59 Å².